The van der Waals surface area contributed by atoms with E-state index >= 15 is 0 Å². The first-order chi connectivity index (χ1) is 9.61. The summed E-state index contributed by atoms with van der Waals surface area (Å²) in [4.78, 5) is 14.1. The molecule has 1 unspecified atom stereocenters. The van der Waals surface area contributed by atoms with E-state index in [-0.39, 0.29) is 18.4 Å². The van der Waals surface area contributed by atoms with Gasteiger partial charge in [0.1, 0.15) is 0 Å². The Morgan fingerprint density at radius 1 is 1.40 bits per heavy atom. The molecule has 0 bridgehead atoms. The monoisotopic (exact) mass is 282 g/mol. The molecule has 0 aromatic heterocycles. The summed E-state index contributed by atoms with van der Waals surface area (Å²) in [7, 11) is 0. The van der Waals surface area contributed by atoms with Crippen LogP contribution >= 0.6 is 0 Å². The molecule has 1 saturated heterocycles. The highest BCUT2D eigenvalue weighted by Crippen LogP contribution is 2.14. The Morgan fingerprint density at radius 2 is 2.20 bits per heavy atom. The second-order valence-corrected chi connectivity index (χ2v) is 5.11. The van der Waals surface area contributed by atoms with Crippen LogP contribution in [0.2, 0.25) is 0 Å². The van der Waals surface area contributed by atoms with Gasteiger partial charge in [-0.05, 0) is 44.0 Å². The summed E-state index contributed by atoms with van der Waals surface area (Å²) in [5.74, 6) is -1.82. The van der Waals surface area contributed by atoms with Crippen LogP contribution in [0.25, 0.3) is 0 Å². The molecule has 1 fully saturated rings. The maximum Gasteiger partial charge on any atom is 0.227 e. The lowest BCUT2D eigenvalue weighted by Gasteiger charge is -2.34. The SMILES string of the molecule is CCN(C(=O)Cc1ccc(F)c(F)c1)C1CCCNC1. The first-order valence-electron chi connectivity index (χ1n) is 7.06. The molecule has 5 heteroatoms. The highest BCUT2D eigenvalue weighted by Gasteiger charge is 2.24. The van der Waals surface area contributed by atoms with Gasteiger partial charge in [0, 0.05) is 19.1 Å². The van der Waals surface area contributed by atoms with Crippen LogP contribution in [0.15, 0.2) is 18.2 Å². The number of carbonyl (C=O) groups is 1. The van der Waals surface area contributed by atoms with Crippen LogP contribution in [0.3, 0.4) is 0 Å². The van der Waals surface area contributed by atoms with Crippen molar-refractivity contribution < 1.29 is 13.6 Å². The first-order valence-corrected chi connectivity index (χ1v) is 7.06. The second kappa shape index (κ2) is 6.79. The lowest BCUT2D eigenvalue weighted by molar-refractivity contribution is -0.132. The van der Waals surface area contributed by atoms with E-state index < -0.39 is 11.6 Å². The molecular weight excluding hydrogens is 262 g/mol. The summed E-state index contributed by atoms with van der Waals surface area (Å²) in [6.07, 6.45) is 2.16. The van der Waals surface area contributed by atoms with Gasteiger partial charge in [0.25, 0.3) is 0 Å². The molecule has 1 aromatic carbocycles. The van der Waals surface area contributed by atoms with Gasteiger partial charge in [-0.1, -0.05) is 6.07 Å². The highest BCUT2D eigenvalue weighted by molar-refractivity contribution is 5.79. The maximum atomic E-state index is 13.2. The van der Waals surface area contributed by atoms with Gasteiger partial charge < -0.3 is 10.2 Å². The molecule has 110 valence electrons. The number of nitrogens with zero attached hydrogens (tertiary/aromatic N) is 1. The van der Waals surface area contributed by atoms with Crippen molar-refractivity contribution in [1.29, 1.82) is 0 Å². The Labute approximate surface area is 118 Å². The number of halogens is 2. The van der Waals surface area contributed by atoms with Gasteiger partial charge >= 0.3 is 0 Å². The summed E-state index contributed by atoms with van der Waals surface area (Å²) in [6, 6.07) is 3.83. The lowest BCUT2D eigenvalue weighted by Crippen LogP contribution is -2.49. The van der Waals surface area contributed by atoms with E-state index in [0.717, 1.165) is 38.1 Å². The van der Waals surface area contributed by atoms with E-state index in [1.807, 2.05) is 11.8 Å². The van der Waals surface area contributed by atoms with Crippen LogP contribution in [0.5, 0.6) is 0 Å². The van der Waals surface area contributed by atoms with Crippen molar-refractivity contribution in [3.63, 3.8) is 0 Å². The number of amides is 1. The zero-order chi connectivity index (χ0) is 14.5. The predicted molar refractivity (Wildman–Crippen MR) is 73.3 cm³/mol. The molecule has 0 aliphatic carbocycles. The van der Waals surface area contributed by atoms with Gasteiger partial charge in [-0.25, -0.2) is 8.78 Å². The minimum Gasteiger partial charge on any atom is -0.338 e. The van der Waals surface area contributed by atoms with Crippen molar-refractivity contribution in [3.05, 3.63) is 35.4 Å². The van der Waals surface area contributed by atoms with Gasteiger partial charge in [0.05, 0.1) is 6.42 Å². The summed E-state index contributed by atoms with van der Waals surface area (Å²) in [5.41, 5.74) is 0.510. The number of nitrogens with one attached hydrogen (secondary N) is 1. The number of hydrogen-bond donors (Lipinski definition) is 1. The van der Waals surface area contributed by atoms with Crippen molar-refractivity contribution in [2.24, 2.45) is 0 Å². The zero-order valence-corrected chi connectivity index (χ0v) is 11.7. The van der Waals surface area contributed by atoms with Crippen molar-refractivity contribution in [2.75, 3.05) is 19.6 Å². The molecule has 3 nitrogen and oxygen atoms in total. The van der Waals surface area contributed by atoms with Crippen molar-refractivity contribution in [2.45, 2.75) is 32.2 Å². The quantitative estimate of drug-likeness (QED) is 0.917. The largest absolute Gasteiger partial charge is 0.338 e. The summed E-state index contributed by atoms with van der Waals surface area (Å²) < 4.78 is 26.0. The molecule has 20 heavy (non-hydrogen) atoms. The third-order valence-electron chi connectivity index (χ3n) is 3.71. The zero-order valence-electron chi connectivity index (χ0n) is 11.7. The molecule has 1 aromatic rings. The minimum absolute atomic E-state index is 0.0350. The Hall–Kier alpha value is -1.49. The number of carbonyl (C=O) groups excluding carboxylic acids is 1. The van der Waals surface area contributed by atoms with Crippen LogP contribution in [0.4, 0.5) is 8.78 Å². The van der Waals surface area contributed by atoms with Crippen molar-refractivity contribution in [3.8, 4) is 0 Å². The standard InChI is InChI=1S/C15H20F2N2O/c1-2-19(12-4-3-7-18-10-12)15(20)9-11-5-6-13(16)14(17)8-11/h5-6,8,12,18H,2-4,7,9-10H2,1H3. The van der Waals surface area contributed by atoms with Crippen LogP contribution in [0, 0.1) is 11.6 Å². The summed E-state index contributed by atoms with van der Waals surface area (Å²) >= 11 is 0. The maximum absolute atomic E-state index is 13.2. The average molecular weight is 282 g/mol. The molecule has 0 saturated carbocycles. The highest BCUT2D eigenvalue weighted by atomic mass is 19.2. The molecule has 1 aliphatic rings. The number of hydrogen-bond acceptors (Lipinski definition) is 2. The Kier molecular flexibility index (Phi) is 5.06. The molecule has 1 aliphatic heterocycles. The molecule has 0 spiro atoms. The topological polar surface area (TPSA) is 32.3 Å². The van der Waals surface area contributed by atoms with Crippen LogP contribution in [0.1, 0.15) is 25.3 Å². The smallest absolute Gasteiger partial charge is 0.227 e. The molecule has 2 rings (SSSR count). The fraction of sp³-hybridized carbons (Fsp3) is 0.533. The molecule has 1 N–H and O–H groups in total. The summed E-state index contributed by atoms with van der Waals surface area (Å²) in [6.45, 7) is 4.37. The Balaban J connectivity index is 2.02. The fourth-order valence-corrected chi connectivity index (χ4v) is 2.66. The number of benzene rings is 1. The van der Waals surface area contributed by atoms with Gasteiger partial charge in [-0.2, -0.15) is 0 Å². The van der Waals surface area contributed by atoms with E-state index in [0.29, 0.717) is 12.1 Å². The van der Waals surface area contributed by atoms with Crippen LogP contribution in [-0.4, -0.2) is 36.5 Å². The predicted octanol–water partition coefficient (Wildman–Crippen LogP) is 2.11. The molecule has 0 radical (unpaired) electrons. The number of piperidine rings is 1. The number of rotatable bonds is 4. The Bertz CT molecular complexity index is 473. The number of likely N-dealkylation sites (N-methyl/N-ethyl adjacent to an activating group) is 1. The third-order valence-corrected chi connectivity index (χ3v) is 3.71. The fourth-order valence-electron chi connectivity index (χ4n) is 2.66. The van der Waals surface area contributed by atoms with E-state index in [1.165, 1.54) is 6.07 Å². The normalized spacial score (nSPS) is 18.9. The van der Waals surface area contributed by atoms with Crippen molar-refractivity contribution in [1.82, 2.24) is 10.2 Å². The van der Waals surface area contributed by atoms with E-state index in [2.05, 4.69) is 5.32 Å². The minimum atomic E-state index is -0.905. The van der Waals surface area contributed by atoms with Gasteiger partial charge in [0.2, 0.25) is 5.91 Å². The molecular formula is C15H20F2N2O. The van der Waals surface area contributed by atoms with E-state index in [4.69, 9.17) is 0 Å². The average Bonchev–Trinajstić information content (AvgIpc) is 2.45. The lowest BCUT2D eigenvalue weighted by atomic mass is 10.0. The third kappa shape index (κ3) is 3.54. The van der Waals surface area contributed by atoms with Gasteiger partial charge in [-0.3, -0.25) is 4.79 Å². The second-order valence-electron chi connectivity index (χ2n) is 5.11. The van der Waals surface area contributed by atoms with Crippen LogP contribution < -0.4 is 5.32 Å². The molecule has 1 heterocycles. The van der Waals surface area contributed by atoms with Crippen LogP contribution in [-0.2, 0) is 11.2 Å². The Morgan fingerprint density at radius 3 is 2.80 bits per heavy atom. The summed E-state index contributed by atoms with van der Waals surface area (Å²) in [5, 5.41) is 3.28. The molecule has 1 amide bonds. The van der Waals surface area contributed by atoms with Crippen molar-refractivity contribution >= 4 is 5.91 Å². The first kappa shape index (κ1) is 14.9. The van der Waals surface area contributed by atoms with E-state index in [9.17, 15) is 13.6 Å². The van der Waals surface area contributed by atoms with E-state index in [1.54, 1.807) is 0 Å². The molecule has 1 atom stereocenters. The van der Waals surface area contributed by atoms with Gasteiger partial charge in [-0.15, -0.1) is 0 Å². The van der Waals surface area contributed by atoms with Gasteiger partial charge in [0.15, 0.2) is 11.6 Å².